The van der Waals surface area contributed by atoms with Gasteiger partial charge in [-0.2, -0.15) is 0 Å². The van der Waals surface area contributed by atoms with Gasteiger partial charge >= 0.3 is 0 Å². The quantitative estimate of drug-likeness (QED) is 0.737. The Morgan fingerprint density at radius 1 is 1.50 bits per heavy atom. The number of hydrogen-bond donors (Lipinski definition) is 1. The first kappa shape index (κ1) is 11.5. The van der Waals surface area contributed by atoms with E-state index in [1.165, 1.54) is 0 Å². The fourth-order valence-electron chi connectivity index (χ4n) is 2.08. The van der Waals surface area contributed by atoms with Crippen LogP contribution in [0.4, 0.5) is 0 Å². The normalized spacial score (nSPS) is 21.6. The van der Waals surface area contributed by atoms with Crippen molar-refractivity contribution in [2.75, 3.05) is 20.1 Å². The van der Waals surface area contributed by atoms with Crippen LogP contribution in [0.1, 0.15) is 33.1 Å². The third kappa shape index (κ3) is 2.47. The van der Waals surface area contributed by atoms with E-state index >= 15 is 0 Å². The number of nitrogens with one attached hydrogen (secondary N) is 1. The molecule has 0 aromatic heterocycles. The van der Waals surface area contributed by atoms with Gasteiger partial charge in [0, 0.05) is 25.6 Å². The van der Waals surface area contributed by atoms with E-state index in [1.807, 2.05) is 11.9 Å². The van der Waals surface area contributed by atoms with E-state index < -0.39 is 0 Å². The molecule has 1 aliphatic heterocycles. The van der Waals surface area contributed by atoms with Crippen LogP contribution in [-0.2, 0) is 4.79 Å². The van der Waals surface area contributed by atoms with Crippen LogP contribution in [0.2, 0.25) is 0 Å². The summed E-state index contributed by atoms with van der Waals surface area (Å²) in [5, 5.41) is 3.29. The summed E-state index contributed by atoms with van der Waals surface area (Å²) in [6.45, 7) is 6.19. The van der Waals surface area contributed by atoms with Crippen LogP contribution in [0.3, 0.4) is 0 Å². The zero-order valence-corrected chi connectivity index (χ0v) is 9.55. The van der Waals surface area contributed by atoms with Crippen LogP contribution in [-0.4, -0.2) is 37.0 Å². The number of hydrogen-bond acceptors (Lipinski definition) is 2. The molecule has 14 heavy (non-hydrogen) atoms. The van der Waals surface area contributed by atoms with Crippen molar-refractivity contribution < 1.29 is 4.79 Å². The molecule has 1 atom stereocenters. The SMILES string of the molecule is CCC(CC)C(=O)N(C)C1CCNC1. The number of carbonyl (C=O) groups excluding carboxylic acids is 1. The maximum Gasteiger partial charge on any atom is 0.225 e. The lowest BCUT2D eigenvalue weighted by atomic mass is 10.0. The molecule has 0 spiro atoms. The molecule has 0 radical (unpaired) electrons. The van der Waals surface area contributed by atoms with Gasteiger partial charge in [-0.05, 0) is 25.8 Å². The minimum absolute atomic E-state index is 0.223. The number of amides is 1. The molecule has 0 saturated carbocycles. The van der Waals surface area contributed by atoms with E-state index in [-0.39, 0.29) is 5.92 Å². The van der Waals surface area contributed by atoms with Crippen molar-refractivity contribution in [2.24, 2.45) is 5.92 Å². The van der Waals surface area contributed by atoms with Crippen LogP contribution < -0.4 is 5.32 Å². The molecule has 1 aliphatic rings. The molecule has 1 unspecified atom stereocenters. The van der Waals surface area contributed by atoms with E-state index in [9.17, 15) is 4.79 Å². The van der Waals surface area contributed by atoms with Crippen LogP contribution in [0, 0.1) is 5.92 Å². The molecular weight excluding hydrogens is 176 g/mol. The topological polar surface area (TPSA) is 32.3 Å². The molecule has 1 heterocycles. The van der Waals surface area contributed by atoms with Crippen LogP contribution in [0.5, 0.6) is 0 Å². The summed E-state index contributed by atoms with van der Waals surface area (Å²) in [5.74, 6) is 0.546. The van der Waals surface area contributed by atoms with Crippen molar-refractivity contribution >= 4 is 5.91 Å². The summed E-state index contributed by atoms with van der Waals surface area (Å²) in [4.78, 5) is 13.9. The Labute approximate surface area is 86.9 Å². The highest BCUT2D eigenvalue weighted by Gasteiger charge is 2.26. The second-order valence-electron chi connectivity index (χ2n) is 4.11. The molecule has 3 heteroatoms. The Bertz CT molecular complexity index is 184. The molecule has 0 aliphatic carbocycles. The van der Waals surface area contributed by atoms with Crippen molar-refractivity contribution in [1.82, 2.24) is 10.2 Å². The van der Waals surface area contributed by atoms with Crippen LogP contribution in [0.25, 0.3) is 0 Å². The number of nitrogens with zero attached hydrogens (tertiary/aromatic N) is 1. The molecule has 82 valence electrons. The van der Waals surface area contributed by atoms with Crippen molar-refractivity contribution in [3.63, 3.8) is 0 Å². The van der Waals surface area contributed by atoms with Gasteiger partial charge in [-0.25, -0.2) is 0 Å². The highest BCUT2D eigenvalue weighted by atomic mass is 16.2. The van der Waals surface area contributed by atoms with E-state index in [2.05, 4.69) is 19.2 Å². The average Bonchev–Trinajstić information content (AvgIpc) is 2.71. The van der Waals surface area contributed by atoms with Gasteiger partial charge in [0.05, 0.1) is 0 Å². The lowest BCUT2D eigenvalue weighted by molar-refractivity contribution is -0.136. The molecule has 3 nitrogen and oxygen atoms in total. The second kappa shape index (κ2) is 5.35. The van der Waals surface area contributed by atoms with Crippen molar-refractivity contribution in [2.45, 2.75) is 39.2 Å². The fourth-order valence-corrected chi connectivity index (χ4v) is 2.08. The zero-order chi connectivity index (χ0) is 10.6. The first-order valence-electron chi connectivity index (χ1n) is 5.68. The molecule has 0 aromatic rings. The third-order valence-electron chi connectivity index (χ3n) is 3.26. The van der Waals surface area contributed by atoms with E-state index in [4.69, 9.17) is 0 Å². The highest BCUT2D eigenvalue weighted by Crippen LogP contribution is 2.15. The zero-order valence-electron chi connectivity index (χ0n) is 9.55. The molecule has 0 bridgehead atoms. The maximum atomic E-state index is 12.0. The maximum absolute atomic E-state index is 12.0. The number of likely N-dealkylation sites (N-methyl/N-ethyl adjacent to an activating group) is 1. The summed E-state index contributed by atoms with van der Waals surface area (Å²) in [6.07, 6.45) is 3.02. The van der Waals surface area contributed by atoms with Crippen LogP contribution >= 0.6 is 0 Å². The lowest BCUT2D eigenvalue weighted by Gasteiger charge is -2.27. The van der Waals surface area contributed by atoms with Gasteiger partial charge in [0.1, 0.15) is 0 Å². The summed E-state index contributed by atoms with van der Waals surface area (Å²) in [5.41, 5.74) is 0. The largest absolute Gasteiger partial charge is 0.341 e. The van der Waals surface area contributed by atoms with Crippen molar-refractivity contribution in [3.05, 3.63) is 0 Å². The lowest BCUT2D eigenvalue weighted by Crippen LogP contribution is -2.41. The van der Waals surface area contributed by atoms with Gasteiger partial charge in [-0.15, -0.1) is 0 Å². The number of rotatable bonds is 4. The highest BCUT2D eigenvalue weighted by molar-refractivity contribution is 5.78. The fraction of sp³-hybridized carbons (Fsp3) is 0.909. The van der Waals surface area contributed by atoms with E-state index in [0.29, 0.717) is 11.9 Å². The van der Waals surface area contributed by atoms with E-state index in [0.717, 1.165) is 32.4 Å². The molecular formula is C11H22N2O. The monoisotopic (exact) mass is 198 g/mol. The first-order chi connectivity index (χ1) is 6.70. The summed E-state index contributed by atoms with van der Waals surface area (Å²) >= 11 is 0. The van der Waals surface area contributed by atoms with Gasteiger partial charge in [-0.3, -0.25) is 4.79 Å². The predicted molar refractivity (Wildman–Crippen MR) is 58.1 cm³/mol. The van der Waals surface area contributed by atoms with Gasteiger partial charge in [-0.1, -0.05) is 13.8 Å². The van der Waals surface area contributed by atoms with Crippen molar-refractivity contribution in [3.8, 4) is 0 Å². The number of carbonyl (C=O) groups is 1. The first-order valence-corrected chi connectivity index (χ1v) is 5.68. The summed E-state index contributed by atoms with van der Waals surface area (Å²) in [7, 11) is 1.94. The van der Waals surface area contributed by atoms with Gasteiger partial charge in [0.25, 0.3) is 0 Å². The Morgan fingerprint density at radius 2 is 2.14 bits per heavy atom. The average molecular weight is 198 g/mol. The third-order valence-corrected chi connectivity index (χ3v) is 3.26. The summed E-state index contributed by atoms with van der Waals surface area (Å²) < 4.78 is 0. The molecule has 0 aromatic carbocycles. The Kier molecular flexibility index (Phi) is 4.39. The molecule has 1 fully saturated rings. The van der Waals surface area contributed by atoms with Crippen LogP contribution in [0.15, 0.2) is 0 Å². The summed E-state index contributed by atoms with van der Waals surface area (Å²) in [6, 6.07) is 0.420. The molecule has 1 N–H and O–H groups in total. The van der Waals surface area contributed by atoms with E-state index in [1.54, 1.807) is 0 Å². The Hall–Kier alpha value is -0.570. The smallest absolute Gasteiger partial charge is 0.225 e. The molecule has 1 amide bonds. The Balaban J connectivity index is 2.49. The van der Waals surface area contributed by atoms with Gasteiger partial charge in [0.2, 0.25) is 5.91 Å². The van der Waals surface area contributed by atoms with Crippen molar-refractivity contribution in [1.29, 1.82) is 0 Å². The van der Waals surface area contributed by atoms with Gasteiger partial charge < -0.3 is 10.2 Å². The second-order valence-corrected chi connectivity index (χ2v) is 4.11. The standard InChI is InChI=1S/C11H22N2O/c1-4-9(5-2)11(14)13(3)10-6-7-12-8-10/h9-10,12H,4-8H2,1-3H3. The minimum atomic E-state index is 0.223. The minimum Gasteiger partial charge on any atom is -0.341 e. The van der Waals surface area contributed by atoms with Gasteiger partial charge in [0.15, 0.2) is 0 Å². The Morgan fingerprint density at radius 3 is 2.57 bits per heavy atom. The molecule has 1 rings (SSSR count). The molecule has 1 saturated heterocycles. The predicted octanol–water partition coefficient (Wildman–Crippen LogP) is 1.24.